The summed E-state index contributed by atoms with van der Waals surface area (Å²) >= 11 is 0. The van der Waals surface area contributed by atoms with Gasteiger partial charge in [-0.25, -0.2) is 8.42 Å². The third-order valence-corrected chi connectivity index (χ3v) is 5.19. The van der Waals surface area contributed by atoms with Gasteiger partial charge in [0.1, 0.15) is 10.5 Å². The Bertz CT molecular complexity index is 1010. The number of furan rings is 1. The van der Waals surface area contributed by atoms with Crippen LogP contribution in [0.2, 0.25) is 0 Å². The van der Waals surface area contributed by atoms with Gasteiger partial charge in [-0.2, -0.15) is 5.10 Å². The molecule has 0 unspecified atom stereocenters. The molecule has 3 aromatic rings. The van der Waals surface area contributed by atoms with Gasteiger partial charge < -0.3 is 4.42 Å². The Morgan fingerprint density at radius 3 is 2.54 bits per heavy atom. The fourth-order valence-corrected chi connectivity index (χ4v) is 3.76. The number of carbonyl (C=O) groups is 1. The number of para-hydroxylation sites is 1. The van der Waals surface area contributed by atoms with Crippen LogP contribution in [0.5, 0.6) is 0 Å². The smallest absolute Gasteiger partial charge is 0.302 e. The molecule has 2 aromatic heterocycles. The second-order valence-electron chi connectivity index (χ2n) is 5.38. The van der Waals surface area contributed by atoms with Crippen LogP contribution in [0.1, 0.15) is 27.5 Å². The van der Waals surface area contributed by atoms with E-state index in [9.17, 15) is 13.2 Å². The van der Waals surface area contributed by atoms with E-state index in [1.54, 1.807) is 32.9 Å². The molecule has 0 saturated heterocycles. The number of nitrogens with zero attached hydrogens (tertiary/aromatic N) is 1. The van der Waals surface area contributed by atoms with Gasteiger partial charge in [-0.05, 0) is 26.8 Å². The standard InChI is InChI=1S/C15H16N4O4S/c1-8-11-6-4-5-7-12(11)23-13(8)15(20)18-19-24(21,22)14-9(2)16-17-10(14)3/h4-7,19H,1-3H3,(H,16,17)(H,18,20). The number of aromatic amines is 1. The van der Waals surface area contributed by atoms with Crippen LogP contribution in [0.25, 0.3) is 11.0 Å². The lowest BCUT2D eigenvalue weighted by molar-refractivity contribution is 0.0918. The quantitative estimate of drug-likeness (QED) is 0.621. The summed E-state index contributed by atoms with van der Waals surface area (Å²) in [5.41, 5.74) is 4.07. The van der Waals surface area contributed by atoms with Crippen LogP contribution in [-0.2, 0) is 10.0 Å². The molecule has 0 bridgehead atoms. The number of sulfonamides is 1. The molecule has 0 aliphatic heterocycles. The maximum atomic E-state index is 12.3. The number of hydrogen-bond donors (Lipinski definition) is 3. The maximum Gasteiger partial charge on any atom is 0.302 e. The molecule has 1 aromatic carbocycles. The second kappa shape index (κ2) is 5.77. The second-order valence-corrected chi connectivity index (χ2v) is 6.99. The molecule has 8 nitrogen and oxygen atoms in total. The zero-order valence-electron chi connectivity index (χ0n) is 13.3. The van der Waals surface area contributed by atoms with Crippen molar-refractivity contribution in [2.45, 2.75) is 25.7 Å². The van der Waals surface area contributed by atoms with E-state index in [-0.39, 0.29) is 10.7 Å². The van der Waals surface area contributed by atoms with Crippen LogP contribution < -0.4 is 10.3 Å². The fourth-order valence-electron chi connectivity index (χ4n) is 2.55. The van der Waals surface area contributed by atoms with Gasteiger partial charge in [0.15, 0.2) is 5.76 Å². The van der Waals surface area contributed by atoms with Crippen molar-refractivity contribution in [3.63, 3.8) is 0 Å². The highest BCUT2D eigenvalue weighted by molar-refractivity contribution is 7.89. The van der Waals surface area contributed by atoms with Crippen molar-refractivity contribution in [2.75, 3.05) is 0 Å². The Labute approximate surface area is 138 Å². The van der Waals surface area contributed by atoms with E-state index in [2.05, 4.69) is 20.5 Å². The minimum atomic E-state index is -3.94. The first-order chi connectivity index (χ1) is 11.3. The molecule has 9 heteroatoms. The molecule has 0 spiro atoms. The number of aromatic nitrogens is 2. The summed E-state index contributed by atoms with van der Waals surface area (Å²) in [6.07, 6.45) is 0. The Kier molecular flexibility index (Phi) is 3.90. The predicted octanol–water partition coefficient (Wildman–Crippen LogP) is 1.70. The molecule has 1 amide bonds. The summed E-state index contributed by atoms with van der Waals surface area (Å²) in [5, 5.41) is 7.22. The van der Waals surface area contributed by atoms with E-state index in [0.29, 0.717) is 22.5 Å². The van der Waals surface area contributed by atoms with Gasteiger partial charge in [-0.15, -0.1) is 4.83 Å². The predicted molar refractivity (Wildman–Crippen MR) is 86.8 cm³/mol. The van der Waals surface area contributed by atoms with Crippen molar-refractivity contribution in [1.82, 2.24) is 20.5 Å². The minimum Gasteiger partial charge on any atom is -0.451 e. The lowest BCUT2D eigenvalue weighted by Crippen LogP contribution is -2.41. The monoisotopic (exact) mass is 348 g/mol. The van der Waals surface area contributed by atoms with Gasteiger partial charge in [0, 0.05) is 10.9 Å². The molecule has 126 valence electrons. The number of hydrogen-bond acceptors (Lipinski definition) is 5. The normalized spacial score (nSPS) is 11.8. The molecule has 3 N–H and O–H groups in total. The van der Waals surface area contributed by atoms with Gasteiger partial charge in [0.25, 0.3) is 10.0 Å². The largest absolute Gasteiger partial charge is 0.451 e. The zero-order chi connectivity index (χ0) is 17.5. The first-order valence-corrected chi connectivity index (χ1v) is 8.61. The number of rotatable bonds is 4. The van der Waals surface area contributed by atoms with Crippen molar-refractivity contribution in [2.24, 2.45) is 0 Å². The van der Waals surface area contributed by atoms with Gasteiger partial charge in [-0.3, -0.25) is 15.3 Å². The topological polar surface area (TPSA) is 117 Å². The number of carbonyl (C=O) groups excluding carboxylic acids is 1. The molecule has 0 atom stereocenters. The average molecular weight is 348 g/mol. The van der Waals surface area contributed by atoms with Crippen molar-refractivity contribution in [3.05, 3.63) is 47.0 Å². The highest BCUT2D eigenvalue weighted by Gasteiger charge is 2.24. The molecular weight excluding hydrogens is 332 g/mol. The summed E-state index contributed by atoms with van der Waals surface area (Å²) in [7, 11) is -3.94. The summed E-state index contributed by atoms with van der Waals surface area (Å²) < 4.78 is 30.1. The number of amides is 1. The molecule has 0 aliphatic carbocycles. The number of fused-ring (bicyclic) bond motifs is 1. The van der Waals surface area contributed by atoms with Gasteiger partial charge in [0.2, 0.25) is 0 Å². The Morgan fingerprint density at radius 2 is 1.92 bits per heavy atom. The maximum absolute atomic E-state index is 12.3. The Balaban J connectivity index is 1.84. The number of nitrogens with one attached hydrogen (secondary N) is 3. The molecule has 0 aliphatic rings. The van der Waals surface area contributed by atoms with Crippen molar-refractivity contribution in [3.8, 4) is 0 Å². The lowest BCUT2D eigenvalue weighted by atomic mass is 10.1. The highest BCUT2D eigenvalue weighted by Crippen LogP contribution is 2.24. The van der Waals surface area contributed by atoms with E-state index in [4.69, 9.17) is 4.42 Å². The van der Waals surface area contributed by atoms with Gasteiger partial charge >= 0.3 is 5.91 Å². The van der Waals surface area contributed by atoms with Crippen LogP contribution in [-0.4, -0.2) is 24.5 Å². The van der Waals surface area contributed by atoms with Crippen molar-refractivity contribution >= 4 is 26.9 Å². The number of aryl methyl sites for hydroxylation is 3. The molecule has 0 fully saturated rings. The van der Waals surface area contributed by atoms with Crippen LogP contribution in [0.15, 0.2) is 33.6 Å². The highest BCUT2D eigenvalue weighted by atomic mass is 32.2. The number of H-pyrrole nitrogens is 1. The molecular formula is C15H16N4O4S. The molecule has 3 rings (SSSR count). The summed E-state index contributed by atoms with van der Waals surface area (Å²) in [5.74, 6) is -0.620. The SMILES string of the molecule is Cc1n[nH]c(C)c1S(=O)(=O)NNC(=O)c1oc2ccccc2c1C. The van der Waals surface area contributed by atoms with Gasteiger partial charge in [0.05, 0.1) is 11.4 Å². The first kappa shape index (κ1) is 16.2. The van der Waals surface area contributed by atoms with Crippen LogP contribution >= 0.6 is 0 Å². The van der Waals surface area contributed by atoms with E-state index in [1.165, 1.54) is 0 Å². The number of hydrazine groups is 1. The summed E-state index contributed by atoms with van der Waals surface area (Å²) in [6, 6.07) is 7.19. The van der Waals surface area contributed by atoms with E-state index >= 15 is 0 Å². The minimum absolute atomic E-state index is 0.00382. The Morgan fingerprint density at radius 1 is 1.21 bits per heavy atom. The van der Waals surface area contributed by atoms with E-state index in [0.717, 1.165) is 5.39 Å². The van der Waals surface area contributed by atoms with E-state index < -0.39 is 15.9 Å². The third-order valence-electron chi connectivity index (χ3n) is 3.68. The van der Waals surface area contributed by atoms with Crippen molar-refractivity contribution < 1.29 is 17.6 Å². The zero-order valence-corrected chi connectivity index (χ0v) is 14.1. The van der Waals surface area contributed by atoms with Crippen molar-refractivity contribution in [1.29, 1.82) is 0 Å². The molecule has 0 radical (unpaired) electrons. The average Bonchev–Trinajstić information content (AvgIpc) is 3.06. The summed E-state index contributed by atoms with van der Waals surface area (Å²) in [6.45, 7) is 4.88. The summed E-state index contributed by atoms with van der Waals surface area (Å²) in [4.78, 5) is 14.3. The van der Waals surface area contributed by atoms with Crippen LogP contribution in [0, 0.1) is 20.8 Å². The Hall–Kier alpha value is -2.65. The number of benzene rings is 1. The molecule has 24 heavy (non-hydrogen) atoms. The first-order valence-electron chi connectivity index (χ1n) is 7.13. The lowest BCUT2D eigenvalue weighted by Gasteiger charge is -2.07. The van der Waals surface area contributed by atoms with Crippen LogP contribution in [0.4, 0.5) is 0 Å². The molecule has 2 heterocycles. The van der Waals surface area contributed by atoms with Gasteiger partial charge in [-0.1, -0.05) is 18.2 Å². The third kappa shape index (κ3) is 2.68. The fraction of sp³-hybridized carbons (Fsp3) is 0.200. The molecule has 0 saturated carbocycles. The van der Waals surface area contributed by atoms with E-state index in [1.807, 2.05) is 12.1 Å². The van der Waals surface area contributed by atoms with Crippen LogP contribution in [0.3, 0.4) is 0 Å².